The van der Waals surface area contributed by atoms with Crippen molar-refractivity contribution in [2.45, 2.75) is 11.4 Å². The lowest BCUT2D eigenvalue weighted by atomic mass is 10.1. The fourth-order valence-corrected chi connectivity index (χ4v) is 1.37. The number of primary amides is 1. The van der Waals surface area contributed by atoms with Crippen molar-refractivity contribution in [1.82, 2.24) is 9.55 Å². The molecule has 0 radical (unpaired) electrons. The lowest BCUT2D eigenvalue weighted by Gasteiger charge is -2.19. The predicted octanol–water partition coefficient (Wildman–Crippen LogP) is -2.00. The fraction of sp³-hybridized carbons (Fsp3) is 0.250. The molecule has 7 nitrogen and oxygen atoms in total. The first kappa shape index (κ1) is 12.1. The third kappa shape index (κ3) is 2.16. The Morgan fingerprint density at radius 1 is 1.69 bits per heavy atom. The summed E-state index contributed by atoms with van der Waals surface area (Å²) in [7, 11) is 1.22. The summed E-state index contributed by atoms with van der Waals surface area (Å²) in [4.78, 5) is 25.6. The van der Waals surface area contributed by atoms with Crippen molar-refractivity contribution in [1.29, 1.82) is 5.41 Å². The van der Waals surface area contributed by atoms with Gasteiger partial charge in [-0.25, -0.2) is 0 Å². The third-order valence-electron chi connectivity index (χ3n) is 1.87. The van der Waals surface area contributed by atoms with Crippen molar-refractivity contribution in [2.24, 2.45) is 12.8 Å². The van der Waals surface area contributed by atoms with Crippen LogP contribution in [0.5, 0.6) is 6.01 Å². The van der Waals surface area contributed by atoms with Crippen LogP contribution >= 0.6 is 0 Å². The van der Waals surface area contributed by atoms with Gasteiger partial charge in [0.1, 0.15) is 0 Å². The van der Waals surface area contributed by atoms with Crippen LogP contribution in [0.3, 0.4) is 0 Å². The molecule has 0 saturated heterocycles. The molecule has 1 aromatic rings. The van der Waals surface area contributed by atoms with Crippen LogP contribution in [0.25, 0.3) is 0 Å². The Bertz CT molecular complexity index is 523. The van der Waals surface area contributed by atoms with Gasteiger partial charge in [0.05, 0.1) is 23.7 Å². The predicted molar refractivity (Wildman–Crippen MR) is 55.2 cm³/mol. The van der Waals surface area contributed by atoms with Crippen molar-refractivity contribution >= 4 is 24.2 Å². The summed E-state index contributed by atoms with van der Waals surface area (Å²) < 4.78 is 0.723. The molecular weight excluding hydrogens is 232 g/mol. The first-order valence-electron chi connectivity index (χ1n) is 4.15. The molecule has 0 aliphatic heterocycles. The Hall–Kier alpha value is -1.96. The van der Waals surface area contributed by atoms with Crippen molar-refractivity contribution < 1.29 is 9.90 Å². The van der Waals surface area contributed by atoms with E-state index in [4.69, 9.17) is 23.8 Å². The maximum absolute atomic E-state index is 11.6. The van der Waals surface area contributed by atoms with Gasteiger partial charge in [0.25, 0.3) is 5.56 Å². The zero-order valence-corrected chi connectivity index (χ0v) is 9.13. The van der Waals surface area contributed by atoms with E-state index in [1.54, 1.807) is 0 Å². The van der Waals surface area contributed by atoms with Crippen molar-refractivity contribution in [3.05, 3.63) is 15.9 Å². The number of carbonyl (C=O) groups is 1. The van der Waals surface area contributed by atoms with Gasteiger partial charge in [-0.1, -0.05) is 5.03 Å². The van der Waals surface area contributed by atoms with Crippen molar-refractivity contribution in [2.75, 3.05) is 0 Å². The molecule has 0 bridgehead atoms. The zero-order valence-electron chi connectivity index (χ0n) is 8.31. The molecule has 0 aromatic carbocycles. The monoisotopic (exact) mass is 240 g/mol. The largest absolute Gasteiger partial charge is 0.846 e. The Labute approximate surface area is 95.8 Å². The molecule has 1 heterocycles. The van der Waals surface area contributed by atoms with Gasteiger partial charge < -0.3 is 33.4 Å². The lowest BCUT2D eigenvalue weighted by Crippen LogP contribution is -2.30. The molecule has 1 aromatic heterocycles. The maximum atomic E-state index is 11.6. The topological polar surface area (TPSA) is 125 Å². The van der Waals surface area contributed by atoms with E-state index in [-0.39, 0.29) is 16.3 Å². The van der Waals surface area contributed by atoms with Gasteiger partial charge in [0.2, 0.25) is 5.91 Å². The van der Waals surface area contributed by atoms with Gasteiger partial charge in [-0.05, 0) is 0 Å². The second kappa shape index (κ2) is 4.27. The average molecular weight is 240 g/mol. The molecule has 86 valence electrons. The van der Waals surface area contributed by atoms with E-state index in [1.165, 1.54) is 7.05 Å². The standard InChI is InChI=1S/C8H10N4O3S/c1-12-7(14)5(3(9)2-4(10)13)6(16)11-8(12)15/h9,16H,2H2,1H3,(H2,10,13)(H,11,15)/p-2. The summed E-state index contributed by atoms with van der Waals surface area (Å²) in [6.07, 6.45) is -0.418. The number of rotatable bonds is 3. The highest BCUT2D eigenvalue weighted by atomic mass is 32.1. The summed E-state index contributed by atoms with van der Waals surface area (Å²) in [6.45, 7) is 0. The number of nitrogens with zero attached hydrogens (tertiary/aromatic N) is 2. The molecule has 16 heavy (non-hydrogen) atoms. The van der Waals surface area contributed by atoms with Gasteiger partial charge in [0.15, 0.2) is 0 Å². The molecule has 1 rings (SSSR count). The second-order valence-corrected chi connectivity index (χ2v) is 3.45. The minimum Gasteiger partial charge on any atom is -0.846 e. The van der Waals surface area contributed by atoms with Crippen LogP contribution in [0.15, 0.2) is 9.82 Å². The number of nitrogens with two attached hydrogens (primary N) is 1. The summed E-state index contributed by atoms with van der Waals surface area (Å²) in [5.74, 6) is -0.757. The summed E-state index contributed by atoms with van der Waals surface area (Å²) in [6, 6.07) is -0.786. The number of hydrogen-bond donors (Lipinski definition) is 2. The first-order chi connectivity index (χ1) is 7.34. The van der Waals surface area contributed by atoms with E-state index >= 15 is 0 Å². The molecule has 3 N–H and O–H groups in total. The molecule has 0 saturated carbocycles. The Balaban J connectivity index is 3.35. The quantitative estimate of drug-likeness (QED) is 0.359. The molecule has 0 spiro atoms. The number of carbonyl (C=O) groups excluding carboxylic acids is 1. The lowest BCUT2D eigenvalue weighted by molar-refractivity contribution is -0.287. The molecule has 0 aliphatic rings. The molecule has 1 amide bonds. The van der Waals surface area contributed by atoms with Crippen LogP contribution < -0.4 is 16.4 Å². The highest BCUT2D eigenvalue weighted by molar-refractivity contribution is 7.58. The van der Waals surface area contributed by atoms with Crippen LogP contribution in [0, 0.1) is 5.41 Å². The Kier molecular flexibility index (Phi) is 3.23. The van der Waals surface area contributed by atoms with E-state index in [1.807, 2.05) is 0 Å². The molecule has 0 fully saturated rings. The highest BCUT2D eigenvalue weighted by Gasteiger charge is 2.11. The maximum Gasteiger partial charge on any atom is 0.260 e. The molecule has 0 atom stereocenters. The van der Waals surface area contributed by atoms with E-state index in [0.29, 0.717) is 0 Å². The van der Waals surface area contributed by atoms with Gasteiger partial charge in [0, 0.05) is 7.05 Å². The average Bonchev–Trinajstić information content (AvgIpc) is 2.13. The Morgan fingerprint density at radius 3 is 2.75 bits per heavy atom. The van der Waals surface area contributed by atoms with E-state index in [0.717, 1.165) is 4.57 Å². The number of amides is 1. The molecule has 0 unspecified atom stereocenters. The zero-order chi connectivity index (χ0) is 12.5. The molecule has 8 heteroatoms. The molecular formula is C8H8N4O3S-2. The normalized spacial score (nSPS) is 10.1. The van der Waals surface area contributed by atoms with Crippen LogP contribution in [0.2, 0.25) is 0 Å². The van der Waals surface area contributed by atoms with Crippen LogP contribution in [-0.2, 0) is 24.5 Å². The van der Waals surface area contributed by atoms with Crippen LogP contribution in [-0.4, -0.2) is 21.2 Å². The van der Waals surface area contributed by atoms with Gasteiger partial charge in [-0.2, -0.15) is 0 Å². The second-order valence-electron chi connectivity index (χ2n) is 3.06. The van der Waals surface area contributed by atoms with Crippen LogP contribution in [0.1, 0.15) is 12.0 Å². The van der Waals surface area contributed by atoms with Crippen LogP contribution in [0.4, 0.5) is 0 Å². The molecule has 0 aliphatic carbocycles. The third-order valence-corrected chi connectivity index (χ3v) is 2.16. The summed E-state index contributed by atoms with van der Waals surface area (Å²) in [5, 5.41) is 18.3. The smallest absolute Gasteiger partial charge is 0.260 e. The van der Waals surface area contributed by atoms with Gasteiger partial charge >= 0.3 is 0 Å². The number of hydrogen-bond acceptors (Lipinski definition) is 6. The van der Waals surface area contributed by atoms with E-state index in [2.05, 4.69) is 4.98 Å². The first-order valence-corrected chi connectivity index (χ1v) is 4.56. The van der Waals surface area contributed by atoms with Crippen molar-refractivity contribution in [3.8, 4) is 6.01 Å². The summed E-state index contributed by atoms with van der Waals surface area (Å²) >= 11 is 4.70. The minimum absolute atomic E-state index is 0.226. The summed E-state index contributed by atoms with van der Waals surface area (Å²) in [5.41, 5.74) is 3.60. The Morgan fingerprint density at radius 2 is 2.25 bits per heavy atom. The van der Waals surface area contributed by atoms with Gasteiger partial charge in [-0.3, -0.25) is 14.6 Å². The fourth-order valence-electron chi connectivity index (χ4n) is 1.08. The van der Waals surface area contributed by atoms with E-state index in [9.17, 15) is 14.7 Å². The highest BCUT2D eigenvalue weighted by Crippen LogP contribution is 2.06. The van der Waals surface area contributed by atoms with Gasteiger partial charge in [-0.15, -0.1) is 0 Å². The van der Waals surface area contributed by atoms with Crippen molar-refractivity contribution in [3.63, 3.8) is 0 Å². The number of aromatic nitrogens is 2. The van der Waals surface area contributed by atoms with E-state index < -0.39 is 23.9 Å². The SMILES string of the molecule is Cn1c([O-])nc([S-])c(C(=N)CC(N)=O)c1=O. The minimum atomic E-state index is -0.786. The number of nitrogens with one attached hydrogen (secondary N) is 1.